The van der Waals surface area contributed by atoms with E-state index in [0.29, 0.717) is 53.2 Å². The molecule has 11 nitrogen and oxygen atoms in total. The number of rotatable bonds is 12. The van der Waals surface area contributed by atoms with Crippen LogP contribution in [0.5, 0.6) is 17.2 Å². The molecule has 5 atom stereocenters. The van der Waals surface area contributed by atoms with Crippen molar-refractivity contribution < 1.29 is 39.4 Å². The zero-order valence-corrected chi connectivity index (χ0v) is 39.0. The number of ether oxygens (including phenoxy) is 3. The third kappa shape index (κ3) is 11.2. The highest BCUT2D eigenvalue weighted by Gasteiger charge is 2.30. The Labute approximate surface area is 398 Å². The first-order valence-corrected chi connectivity index (χ1v) is 23.6. The van der Waals surface area contributed by atoms with Crippen LogP contribution in [0.4, 0.5) is 5.69 Å². The number of nitrogens with one attached hydrogen (secondary N) is 1. The standard InChI is InChI=1S/C57H61N3O8/c1-35-16-22-46-50-34-68-53-28-38(18-23-52(53)66-3)17-20-44(62)31-45(30-41-29-43(61)21-19-39(41)14-8-7-12-37-13-9-15-42(27-37)60-57(58)59-2)67-25-24-40(26-36-10-5-4-6-11-36)54-49(32-48(50)56(64)65)55(46)47(35)33-51(54)63/h4-6,9-11,13,15-16,18-19,21-23,27-29,32-33,35,39-41,45,56,61,63-65H,7-8,12,14,17,20,26,30-31,34H2,1-3H3,(H3,58,59,60). The molecular weight excluding hydrogens is 855 g/mol. The minimum atomic E-state index is -1.86. The SMILES string of the molecule is CN=C(N)Nc1cccc(CCCCC2C=CC(O)=CC2CC2CC(=O)CCc3ccc(OC)c(c3)OCc3c(C(O)O)cc4c(c(O)cc5c4c3C=CC5C)C(Cc3ccccc3)C#CO2)c1. The summed E-state index contributed by atoms with van der Waals surface area (Å²) in [7, 11) is 3.21. The van der Waals surface area contributed by atoms with Crippen molar-refractivity contribution in [1.29, 1.82) is 0 Å². The van der Waals surface area contributed by atoms with Crippen LogP contribution in [0.1, 0.15) is 108 Å². The highest BCUT2D eigenvalue weighted by Crippen LogP contribution is 2.46. The number of nitrogens with zero attached hydrogens (tertiary/aromatic N) is 1. The number of benzene rings is 5. The Morgan fingerprint density at radius 2 is 1.78 bits per heavy atom. The molecule has 11 heteroatoms. The van der Waals surface area contributed by atoms with Gasteiger partial charge in [0.2, 0.25) is 0 Å². The maximum Gasteiger partial charge on any atom is 0.192 e. The molecule has 0 radical (unpaired) electrons. The second-order valence-electron chi connectivity index (χ2n) is 18.1. The number of phenols is 1. The van der Waals surface area contributed by atoms with Crippen molar-refractivity contribution in [2.24, 2.45) is 22.6 Å². The van der Waals surface area contributed by atoms with Crippen molar-refractivity contribution in [1.82, 2.24) is 0 Å². The summed E-state index contributed by atoms with van der Waals surface area (Å²) in [4.78, 5) is 18.0. The number of hydrogen-bond donors (Lipinski definition) is 6. The monoisotopic (exact) mass is 915 g/mol. The quantitative estimate of drug-likeness (QED) is 0.0232. The van der Waals surface area contributed by atoms with Gasteiger partial charge in [0, 0.05) is 48.2 Å². The van der Waals surface area contributed by atoms with Gasteiger partial charge in [0.05, 0.1) is 13.0 Å². The Balaban J connectivity index is 1.15. The molecule has 2 aliphatic carbocycles. The van der Waals surface area contributed by atoms with E-state index in [0.717, 1.165) is 59.0 Å². The number of carbonyl (C=O) groups is 1. The van der Waals surface area contributed by atoms with Crippen LogP contribution >= 0.6 is 0 Å². The lowest BCUT2D eigenvalue weighted by Crippen LogP contribution is -2.24. The van der Waals surface area contributed by atoms with E-state index in [-0.39, 0.29) is 60.1 Å². The van der Waals surface area contributed by atoms with Crippen molar-refractivity contribution in [3.63, 3.8) is 0 Å². The maximum absolute atomic E-state index is 14.0. The first-order chi connectivity index (χ1) is 33.0. The molecule has 9 rings (SSSR count). The Kier molecular flexibility index (Phi) is 15.2. The molecule has 4 aliphatic rings. The van der Waals surface area contributed by atoms with Crippen LogP contribution in [0.2, 0.25) is 0 Å². The number of unbranched alkanes of at least 4 members (excludes halogenated alkanes) is 1. The molecule has 0 saturated carbocycles. The van der Waals surface area contributed by atoms with Gasteiger partial charge in [-0.15, -0.1) is 0 Å². The number of aliphatic hydroxyl groups is 3. The summed E-state index contributed by atoms with van der Waals surface area (Å²) in [5, 5.41) is 49.5. The fourth-order valence-electron chi connectivity index (χ4n) is 9.92. The summed E-state index contributed by atoms with van der Waals surface area (Å²) in [6, 6.07) is 27.2. The minimum Gasteiger partial charge on any atom is -0.508 e. The molecule has 352 valence electrons. The predicted molar refractivity (Wildman–Crippen MR) is 268 cm³/mol. The highest BCUT2D eigenvalue weighted by molar-refractivity contribution is 6.01. The molecule has 0 spiro atoms. The predicted octanol–water partition coefficient (Wildman–Crippen LogP) is 10.2. The van der Waals surface area contributed by atoms with Gasteiger partial charge in [0.15, 0.2) is 23.7 Å². The first kappa shape index (κ1) is 47.5. The normalized spacial score (nSPS) is 20.4. The average Bonchev–Trinajstić information content (AvgIpc) is 3.33. The number of aliphatic imine (C=N–C) groups is 1. The van der Waals surface area contributed by atoms with Gasteiger partial charge in [-0.25, -0.2) is 0 Å². The van der Waals surface area contributed by atoms with Crippen LogP contribution in [0.25, 0.3) is 16.8 Å². The van der Waals surface area contributed by atoms with E-state index in [9.17, 15) is 25.2 Å². The molecule has 0 fully saturated rings. The topological polar surface area (TPSA) is 176 Å². The highest BCUT2D eigenvalue weighted by atomic mass is 16.5. The van der Waals surface area contributed by atoms with Gasteiger partial charge in [-0.1, -0.05) is 86.0 Å². The van der Waals surface area contributed by atoms with Crippen molar-refractivity contribution in [2.75, 3.05) is 19.5 Å². The Morgan fingerprint density at radius 1 is 0.956 bits per heavy atom. The number of phenolic OH excluding ortho intramolecular Hbond substituents is 1. The molecule has 2 aliphatic heterocycles. The number of nitrogens with two attached hydrogens (primary N) is 1. The van der Waals surface area contributed by atoms with E-state index >= 15 is 0 Å². The van der Waals surface area contributed by atoms with Crippen LogP contribution in [-0.4, -0.2) is 52.4 Å². The second kappa shape index (κ2) is 21.7. The molecule has 5 aromatic rings. The summed E-state index contributed by atoms with van der Waals surface area (Å²) in [5.41, 5.74) is 12.9. The number of methoxy groups -OCH3 is 1. The number of ketones is 1. The van der Waals surface area contributed by atoms with Gasteiger partial charge in [-0.05, 0) is 138 Å². The number of aliphatic hydroxyl groups excluding tert-OH is 2. The van der Waals surface area contributed by atoms with Gasteiger partial charge < -0.3 is 45.7 Å². The van der Waals surface area contributed by atoms with Crippen LogP contribution in [0.3, 0.4) is 0 Å². The summed E-state index contributed by atoms with van der Waals surface area (Å²) >= 11 is 0. The number of carbonyl (C=O) groups excluding carboxylic acids is 1. The van der Waals surface area contributed by atoms with Crippen molar-refractivity contribution >= 4 is 34.3 Å². The van der Waals surface area contributed by atoms with Crippen molar-refractivity contribution in [3.8, 4) is 29.3 Å². The summed E-state index contributed by atoms with van der Waals surface area (Å²) in [5.74, 6) is 4.23. The molecule has 0 saturated heterocycles. The number of Topliss-reactive ketones (excluding diaryl/α,β-unsaturated/α-hetero) is 1. The minimum absolute atomic E-state index is 0.00615. The van der Waals surface area contributed by atoms with Crippen molar-refractivity contribution in [3.05, 3.63) is 159 Å². The van der Waals surface area contributed by atoms with Crippen molar-refractivity contribution in [2.45, 2.75) is 95.5 Å². The van der Waals surface area contributed by atoms with E-state index in [2.05, 4.69) is 47.5 Å². The van der Waals surface area contributed by atoms with Crippen LogP contribution in [0.15, 0.2) is 120 Å². The van der Waals surface area contributed by atoms with Crippen LogP contribution in [0, 0.1) is 23.9 Å². The third-order valence-electron chi connectivity index (χ3n) is 13.5. The lowest BCUT2D eigenvalue weighted by molar-refractivity contribution is -0.121. The average molecular weight is 916 g/mol. The molecule has 0 aromatic heterocycles. The zero-order valence-electron chi connectivity index (χ0n) is 39.0. The summed E-state index contributed by atoms with van der Waals surface area (Å²) in [6.45, 7) is 2.06. The van der Waals surface area contributed by atoms with Gasteiger partial charge in [0.25, 0.3) is 0 Å². The van der Waals surface area contributed by atoms with E-state index in [4.69, 9.17) is 19.9 Å². The molecule has 6 bridgehead atoms. The van der Waals surface area contributed by atoms with Crippen LogP contribution in [-0.2, 0) is 35.4 Å². The lowest BCUT2D eigenvalue weighted by Gasteiger charge is -2.28. The Hall–Kier alpha value is -7.00. The Bertz CT molecular complexity index is 2820. The van der Waals surface area contributed by atoms with E-state index < -0.39 is 18.3 Å². The molecule has 68 heavy (non-hydrogen) atoms. The fraction of sp³-hybridized carbons (Fsp3) is 0.333. The molecule has 5 unspecified atom stereocenters. The molecule has 7 N–H and O–H groups in total. The number of aryl methyl sites for hydroxylation is 2. The second-order valence-corrected chi connectivity index (χ2v) is 18.1. The fourth-order valence-corrected chi connectivity index (χ4v) is 9.92. The number of aromatic hydroxyl groups is 1. The van der Waals surface area contributed by atoms with E-state index in [1.807, 2.05) is 78.9 Å². The van der Waals surface area contributed by atoms with Gasteiger partial charge in [0.1, 0.15) is 36.1 Å². The molecular formula is C57H61N3O8. The van der Waals surface area contributed by atoms with E-state index in [1.165, 1.54) is 5.56 Å². The first-order valence-electron chi connectivity index (χ1n) is 23.6. The largest absolute Gasteiger partial charge is 0.508 e. The number of fused-ring (bicyclic) bond motifs is 9. The molecule has 2 heterocycles. The van der Waals surface area contributed by atoms with Crippen LogP contribution < -0.4 is 20.5 Å². The van der Waals surface area contributed by atoms with E-state index in [1.54, 1.807) is 32.4 Å². The number of guanidine groups is 1. The molecule has 0 amide bonds. The third-order valence-corrected chi connectivity index (χ3v) is 13.5. The zero-order chi connectivity index (χ0) is 47.7. The van der Waals surface area contributed by atoms with Gasteiger partial charge in [-0.2, -0.15) is 0 Å². The summed E-state index contributed by atoms with van der Waals surface area (Å²) in [6.07, 6.45) is 15.6. The maximum atomic E-state index is 14.0. The summed E-state index contributed by atoms with van der Waals surface area (Å²) < 4.78 is 18.7. The molecule has 5 aromatic carbocycles. The Morgan fingerprint density at radius 3 is 2.57 bits per heavy atom. The lowest BCUT2D eigenvalue weighted by atomic mass is 9.78. The smallest absolute Gasteiger partial charge is 0.192 e. The number of anilines is 1. The number of allylic oxidation sites excluding steroid dienone is 4. The van der Waals surface area contributed by atoms with Gasteiger partial charge in [-0.3, -0.25) is 9.79 Å². The van der Waals surface area contributed by atoms with Gasteiger partial charge >= 0.3 is 0 Å². The number of hydrogen-bond acceptors (Lipinski definition) is 9.